The molecule has 0 aliphatic carbocycles. The topological polar surface area (TPSA) is 379 Å². The largest absolute Gasteiger partial charge is 0.462 e. The highest BCUT2D eigenvalue weighted by Gasteiger charge is 2.53. The van der Waals surface area contributed by atoms with Crippen molar-refractivity contribution in [3.63, 3.8) is 0 Å². The molecular formula is C58H92N2O21. The van der Waals surface area contributed by atoms with Crippen LogP contribution in [0.1, 0.15) is 98.3 Å². The highest BCUT2D eigenvalue weighted by molar-refractivity contribution is 5.80. The lowest BCUT2D eigenvalue weighted by Crippen LogP contribution is -2.69. The smallest absolute Gasteiger partial charge is 0.308 e. The van der Waals surface area contributed by atoms with Gasteiger partial charge in [0.2, 0.25) is 11.7 Å². The average molecular weight is 1150 g/mol. The molecule has 0 radical (unpaired) electrons. The summed E-state index contributed by atoms with van der Waals surface area (Å²) in [7, 11) is 0. The molecule has 460 valence electrons. The number of hydrogen-bond acceptors (Lipinski definition) is 22. The zero-order valence-electron chi connectivity index (χ0n) is 46.9. The summed E-state index contributed by atoms with van der Waals surface area (Å²) in [6.07, 6.45) is -0.106. The Bertz CT molecular complexity index is 2140. The van der Waals surface area contributed by atoms with Crippen LogP contribution < -0.4 is 5.32 Å². The minimum atomic E-state index is -2.45. The summed E-state index contributed by atoms with van der Waals surface area (Å²) in [4.78, 5) is 28.8. The number of aliphatic hydroxyl groups excluding tert-OH is 12. The van der Waals surface area contributed by atoms with Crippen LogP contribution in [0.3, 0.4) is 0 Å². The van der Waals surface area contributed by atoms with Gasteiger partial charge in [-0.05, 0) is 52.4 Å². The summed E-state index contributed by atoms with van der Waals surface area (Å²) in [6, 6.07) is -1.33. The minimum Gasteiger partial charge on any atom is -0.462 e. The number of nitrogens with zero attached hydrogens (tertiary/aromatic N) is 1. The quantitative estimate of drug-likeness (QED) is 0.143. The highest BCUT2D eigenvalue weighted by atomic mass is 16.7. The number of likely N-dealkylation sites (tertiary alicyclic amines) is 1. The molecule has 0 aromatic carbocycles. The maximum absolute atomic E-state index is 14.4. The van der Waals surface area contributed by atoms with E-state index in [0.717, 1.165) is 6.42 Å². The number of allylic oxidation sites excluding steroid dienone is 12. The summed E-state index contributed by atoms with van der Waals surface area (Å²) in [5.74, 6) is -8.04. The van der Waals surface area contributed by atoms with E-state index < -0.39 is 184 Å². The minimum absolute atomic E-state index is 0.121. The van der Waals surface area contributed by atoms with E-state index >= 15 is 0 Å². The Labute approximate surface area is 474 Å². The number of amides is 1. The first-order valence-electron chi connectivity index (χ1n) is 28.5. The van der Waals surface area contributed by atoms with Gasteiger partial charge >= 0.3 is 5.97 Å². The van der Waals surface area contributed by atoms with Crippen LogP contribution in [-0.2, 0) is 33.3 Å². The molecule has 15 N–H and O–H groups in total. The third-order valence-corrected chi connectivity index (χ3v) is 15.9. The molecule has 0 aromatic rings. The van der Waals surface area contributed by atoms with E-state index in [1.54, 1.807) is 97.7 Å². The van der Waals surface area contributed by atoms with E-state index in [4.69, 9.17) is 23.7 Å². The van der Waals surface area contributed by atoms with Crippen molar-refractivity contribution in [2.24, 2.45) is 17.8 Å². The summed E-state index contributed by atoms with van der Waals surface area (Å²) in [5, 5.41) is 157. The third-order valence-electron chi connectivity index (χ3n) is 15.9. The predicted octanol–water partition coefficient (Wildman–Crippen LogP) is -0.928. The van der Waals surface area contributed by atoms with Crippen molar-refractivity contribution in [1.82, 2.24) is 10.2 Å². The van der Waals surface area contributed by atoms with Crippen molar-refractivity contribution in [2.45, 2.75) is 220 Å². The van der Waals surface area contributed by atoms with Crippen LogP contribution >= 0.6 is 0 Å². The van der Waals surface area contributed by atoms with Crippen LogP contribution in [0.15, 0.2) is 85.1 Å². The first kappa shape index (κ1) is 68.1. The van der Waals surface area contributed by atoms with Crippen LogP contribution in [0.4, 0.5) is 0 Å². The van der Waals surface area contributed by atoms with E-state index in [-0.39, 0.29) is 31.6 Å². The second-order valence-electron chi connectivity index (χ2n) is 22.6. The molecule has 23 atom stereocenters. The Morgan fingerprint density at radius 2 is 1.25 bits per heavy atom. The van der Waals surface area contributed by atoms with E-state index in [9.17, 15) is 81.1 Å². The highest BCUT2D eigenvalue weighted by Crippen LogP contribution is 2.39. The summed E-state index contributed by atoms with van der Waals surface area (Å²) >= 11 is 0. The van der Waals surface area contributed by atoms with E-state index in [0.29, 0.717) is 25.9 Å². The molecule has 5 heterocycles. The lowest BCUT2D eigenvalue weighted by atomic mass is 9.81. The second kappa shape index (κ2) is 32.6. The summed E-state index contributed by atoms with van der Waals surface area (Å²) in [6.45, 7) is 6.32. The van der Waals surface area contributed by atoms with E-state index in [1.165, 1.54) is 6.92 Å². The molecule has 5 aliphatic heterocycles. The molecule has 4 saturated heterocycles. The van der Waals surface area contributed by atoms with E-state index in [2.05, 4.69) is 5.32 Å². The van der Waals surface area contributed by atoms with Gasteiger partial charge in [0.05, 0.1) is 98.7 Å². The number of fused-ring (bicyclic) bond motifs is 2. The van der Waals surface area contributed by atoms with Crippen molar-refractivity contribution in [2.75, 3.05) is 26.2 Å². The van der Waals surface area contributed by atoms with Gasteiger partial charge in [0.25, 0.3) is 0 Å². The van der Waals surface area contributed by atoms with Crippen LogP contribution in [0.25, 0.3) is 0 Å². The predicted molar refractivity (Wildman–Crippen MR) is 293 cm³/mol. The number of carbonyl (C=O) groups is 2. The second-order valence-corrected chi connectivity index (χ2v) is 22.6. The Hall–Kier alpha value is -3.64. The van der Waals surface area contributed by atoms with Crippen LogP contribution in [0.5, 0.6) is 0 Å². The van der Waals surface area contributed by atoms with Crippen molar-refractivity contribution in [1.29, 1.82) is 0 Å². The third kappa shape index (κ3) is 20.5. The molecule has 5 rings (SSSR count). The van der Waals surface area contributed by atoms with Gasteiger partial charge in [-0.2, -0.15) is 0 Å². The van der Waals surface area contributed by atoms with Gasteiger partial charge in [-0.25, -0.2) is 0 Å². The molecule has 4 fully saturated rings. The molecule has 0 spiro atoms. The molecule has 0 saturated carbocycles. The van der Waals surface area contributed by atoms with Crippen LogP contribution in [0.2, 0.25) is 0 Å². The van der Waals surface area contributed by atoms with E-state index in [1.807, 2.05) is 13.0 Å². The maximum atomic E-state index is 14.4. The van der Waals surface area contributed by atoms with Gasteiger partial charge < -0.3 is 105 Å². The first-order valence-corrected chi connectivity index (χ1v) is 28.5. The molecule has 81 heavy (non-hydrogen) atoms. The van der Waals surface area contributed by atoms with Gasteiger partial charge in [-0.1, -0.05) is 98.9 Å². The first-order chi connectivity index (χ1) is 38.3. The van der Waals surface area contributed by atoms with Crippen molar-refractivity contribution in [3.05, 3.63) is 85.1 Å². The van der Waals surface area contributed by atoms with Crippen molar-refractivity contribution in [3.8, 4) is 0 Å². The van der Waals surface area contributed by atoms with Crippen LogP contribution in [0, 0.1) is 17.8 Å². The lowest BCUT2D eigenvalue weighted by Gasteiger charge is -2.47. The van der Waals surface area contributed by atoms with Gasteiger partial charge in [-0.15, -0.1) is 0 Å². The average Bonchev–Trinajstić information content (AvgIpc) is 3.52. The molecule has 2 bridgehead atoms. The molecule has 5 aliphatic rings. The Kier molecular flexibility index (Phi) is 27.4. The number of aliphatic hydroxyl groups is 14. The summed E-state index contributed by atoms with van der Waals surface area (Å²) < 4.78 is 29.5. The Balaban J connectivity index is 1.42. The molecule has 23 heteroatoms. The fraction of sp³-hybridized carbons (Fsp3) is 0.724. The number of cyclic esters (lactones) is 1. The number of piperidine rings is 1. The molecule has 1 amide bonds. The Morgan fingerprint density at radius 1 is 0.642 bits per heavy atom. The number of ether oxygens (including phenoxy) is 5. The number of nitrogens with one attached hydrogen (secondary N) is 1. The fourth-order valence-corrected chi connectivity index (χ4v) is 10.8. The van der Waals surface area contributed by atoms with Gasteiger partial charge in [0.1, 0.15) is 30.5 Å². The van der Waals surface area contributed by atoms with Gasteiger partial charge in [0, 0.05) is 50.6 Å². The number of carbonyl (C=O) groups excluding carboxylic acids is 2. The molecular weight excluding hydrogens is 1060 g/mol. The molecule has 4 unspecified atom stereocenters. The van der Waals surface area contributed by atoms with Crippen LogP contribution in [-0.4, -0.2) is 236 Å². The monoisotopic (exact) mass is 1150 g/mol. The fourth-order valence-electron chi connectivity index (χ4n) is 10.8. The standard InChI is InChI=1S/C58H92N2O21/c1-34-20-16-13-11-9-7-5-6-8-10-12-14-17-21-41(80-56-53(72)49(51(70)37(4)79-56)59-33-58(76)54(73)52(71)45(67)32-77-58)29-46-48(55(74)60-24-18-15-19-25-60)44(66)31-57(75,81-46)30-40(63)27-43(65)42(64)23-22-38(61)26-39(62)28-47(68)78-36(3)35(2)50(34)69/h5-14,16-17,20-21,34-46,48-54,56,59,61-67,69-73,75-76H,15,18-19,22-33H2,1-4H3/b6-5+,9-7+,10-8+,13-11+,14-12+,20-16+,21-17?/t34-,35?,36-,37+,38+,39+,40-,41-,42+,43+,44-,45+,46?,48?,49-,50+,51+,52-,53-,54-,56?,57+,58+/m0/s1. The lowest BCUT2D eigenvalue weighted by molar-refractivity contribution is -0.323. The van der Waals surface area contributed by atoms with Gasteiger partial charge in [0.15, 0.2) is 12.1 Å². The van der Waals surface area contributed by atoms with Crippen molar-refractivity contribution >= 4 is 11.9 Å². The normalized spacial score (nSPS) is 45.4. The molecule has 0 aromatic heterocycles. The zero-order valence-corrected chi connectivity index (χ0v) is 46.9. The molecule has 23 nitrogen and oxygen atoms in total. The maximum Gasteiger partial charge on any atom is 0.308 e. The van der Waals surface area contributed by atoms with Gasteiger partial charge in [-0.3, -0.25) is 9.59 Å². The van der Waals surface area contributed by atoms with Crippen molar-refractivity contribution < 1.29 is 105 Å². The zero-order chi connectivity index (χ0) is 59.6. The summed E-state index contributed by atoms with van der Waals surface area (Å²) in [5.41, 5.74) is 0. The number of rotatable bonds is 6. The Morgan fingerprint density at radius 3 is 1.88 bits per heavy atom. The number of hydrogen-bond donors (Lipinski definition) is 15. The number of esters is 1. The SMILES string of the molecule is CC1[C@H](C)OC(=O)C[C@H](O)C[C@H](O)CC[C@@H](O)[C@H](O)C[C@H](O)C[C@]2(O)C[C@H](O)C(C(=O)N3CCCCC3)C(C[C@@H](OC3O[C@H](C)[C@@H](O)[C@H](NC[C@@]4(O)OC[C@@H](O)[C@H](O)[C@@H]4O)[C@@H]3O)C=C/C=C/C=C/C=C/C=C/C=C/C=C/[C@H](C)[C@H]1O)O2.